The summed E-state index contributed by atoms with van der Waals surface area (Å²) in [5, 5.41) is 4.98. The van der Waals surface area contributed by atoms with E-state index in [4.69, 9.17) is 9.84 Å². The Hall–Kier alpha value is -3.19. The van der Waals surface area contributed by atoms with E-state index in [1.807, 2.05) is 59.8 Å². The summed E-state index contributed by atoms with van der Waals surface area (Å²) >= 11 is 0. The highest BCUT2D eigenvalue weighted by Gasteiger charge is 2.28. The summed E-state index contributed by atoms with van der Waals surface area (Å²) in [6.45, 7) is 8.02. The quantitative estimate of drug-likeness (QED) is 0.538. The Labute approximate surface area is 194 Å². The number of rotatable bonds is 7. The van der Waals surface area contributed by atoms with Gasteiger partial charge in [-0.2, -0.15) is 5.10 Å². The van der Waals surface area contributed by atoms with Crippen LogP contribution in [0, 0.1) is 5.82 Å². The fourth-order valence-corrected chi connectivity index (χ4v) is 4.49. The summed E-state index contributed by atoms with van der Waals surface area (Å²) in [5.74, 6) is 0.579. The second-order valence-corrected chi connectivity index (χ2v) is 8.75. The summed E-state index contributed by atoms with van der Waals surface area (Å²) in [7, 11) is 1.65. The van der Waals surface area contributed by atoms with Crippen molar-refractivity contribution in [3.05, 3.63) is 76.9 Å². The second-order valence-electron chi connectivity index (χ2n) is 8.75. The Morgan fingerprint density at radius 1 is 1.18 bits per heavy atom. The zero-order chi connectivity index (χ0) is 23.5. The summed E-state index contributed by atoms with van der Waals surface area (Å²) in [5.41, 5.74) is 4.66. The number of nitrogens with zero attached hydrogens (tertiary/aromatic N) is 4. The first-order chi connectivity index (χ1) is 15.9. The van der Waals surface area contributed by atoms with Crippen LogP contribution in [0.1, 0.15) is 43.3 Å². The van der Waals surface area contributed by atoms with Crippen LogP contribution in [0.15, 0.2) is 48.5 Å². The molecule has 2 heterocycles. The molecule has 0 N–H and O–H groups in total. The van der Waals surface area contributed by atoms with Crippen molar-refractivity contribution in [2.45, 2.75) is 52.9 Å². The molecule has 7 heteroatoms. The van der Waals surface area contributed by atoms with Crippen LogP contribution in [0.5, 0.6) is 5.75 Å². The number of methoxy groups -OCH3 is 1. The Bertz CT molecular complexity index is 1140. The van der Waals surface area contributed by atoms with Crippen molar-refractivity contribution in [2.75, 3.05) is 13.7 Å². The molecular formula is C26H31FN4O2. The van der Waals surface area contributed by atoms with E-state index in [2.05, 4.69) is 4.90 Å². The first-order valence-electron chi connectivity index (χ1n) is 11.3. The van der Waals surface area contributed by atoms with Crippen LogP contribution in [0.2, 0.25) is 0 Å². The highest BCUT2D eigenvalue weighted by molar-refractivity contribution is 5.73. The van der Waals surface area contributed by atoms with Crippen molar-refractivity contribution < 1.29 is 13.9 Å². The molecule has 1 aromatic heterocycles. The highest BCUT2D eigenvalue weighted by atomic mass is 19.1. The van der Waals surface area contributed by atoms with Crippen molar-refractivity contribution in [3.63, 3.8) is 0 Å². The van der Waals surface area contributed by atoms with Gasteiger partial charge in [-0.1, -0.05) is 30.3 Å². The van der Waals surface area contributed by atoms with Gasteiger partial charge in [-0.05, 0) is 32.0 Å². The van der Waals surface area contributed by atoms with E-state index in [1.54, 1.807) is 20.1 Å². The topological polar surface area (TPSA) is 50.6 Å². The minimum absolute atomic E-state index is 0.0182. The first kappa shape index (κ1) is 23.0. The summed E-state index contributed by atoms with van der Waals surface area (Å²) in [4.78, 5) is 16.4. The Morgan fingerprint density at radius 3 is 2.61 bits per heavy atom. The number of halogens is 1. The maximum absolute atomic E-state index is 14.3. The third-order valence-electron chi connectivity index (χ3n) is 6.23. The minimum atomic E-state index is -0.184. The predicted molar refractivity (Wildman–Crippen MR) is 126 cm³/mol. The average Bonchev–Trinajstić information content (AvgIpc) is 3.16. The third-order valence-corrected chi connectivity index (χ3v) is 6.23. The summed E-state index contributed by atoms with van der Waals surface area (Å²) in [6, 6.07) is 14.8. The molecule has 0 saturated carbocycles. The molecule has 174 valence electrons. The third kappa shape index (κ3) is 4.78. The molecule has 1 aliphatic heterocycles. The lowest BCUT2D eigenvalue weighted by Crippen LogP contribution is -2.36. The molecule has 2 aromatic carbocycles. The average molecular weight is 451 g/mol. The molecule has 6 nitrogen and oxygen atoms in total. The predicted octanol–water partition coefficient (Wildman–Crippen LogP) is 4.34. The van der Waals surface area contributed by atoms with E-state index in [1.165, 1.54) is 6.07 Å². The zero-order valence-corrected chi connectivity index (χ0v) is 19.7. The van der Waals surface area contributed by atoms with E-state index in [0.29, 0.717) is 25.2 Å². The molecule has 0 aliphatic carbocycles. The van der Waals surface area contributed by atoms with Crippen LogP contribution >= 0.6 is 0 Å². The van der Waals surface area contributed by atoms with E-state index in [9.17, 15) is 9.18 Å². The number of hydrogen-bond acceptors (Lipinski definition) is 4. The standard InChI is InChI=1S/C26H31FN4O2/c1-18(2)30(19(3)32)17-23-21-16-29(15-20-9-5-6-10-22(20)27)14-13-24(21)31(28-23)25-11-7-8-12-26(25)33-4/h5-12,18H,13-17H2,1-4H3. The molecule has 0 spiro atoms. The molecule has 1 aliphatic rings. The van der Waals surface area contributed by atoms with Crippen molar-refractivity contribution in [2.24, 2.45) is 0 Å². The molecular weight excluding hydrogens is 419 g/mol. The lowest BCUT2D eigenvalue weighted by Gasteiger charge is -2.29. The molecule has 1 amide bonds. The molecule has 4 rings (SSSR count). The normalized spacial score (nSPS) is 13.8. The number of ether oxygens (including phenoxy) is 1. The molecule has 0 atom stereocenters. The lowest BCUT2D eigenvalue weighted by molar-refractivity contribution is -0.131. The van der Waals surface area contributed by atoms with Crippen molar-refractivity contribution in [1.82, 2.24) is 19.6 Å². The number of carbonyl (C=O) groups is 1. The minimum Gasteiger partial charge on any atom is -0.494 e. The Kier molecular flexibility index (Phi) is 6.79. The van der Waals surface area contributed by atoms with E-state index in [0.717, 1.165) is 41.4 Å². The first-order valence-corrected chi connectivity index (χ1v) is 11.3. The zero-order valence-electron chi connectivity index (χ0n) is 19.7. The number of hydrogen-bond donors (Lipinski definition) is 0. The highest BCUT2D eigenvalue weighted by Crippen LogP contribution is 2.31. The van der Waals surface area contributed by atoms with Crippen LogP contribution in [0.25, 0.3) is 5.69 Å². The van der Waals surface area contributed by atoms with E-state index < -0.39 is 0 Å². The number of para-hydroxylation sites is 2. The van der Waals surface area contributed by atoms with Gasteiger partial charge in [0.25, 0.3) is 0 Å². The van der Waals surface area contributed by atoms with E-state index in [-0.39, 0.29) is 17.8 Å². The van der Waals surface area contributed by atoms with Crippen molar-refractivity contribution in [1.29, 1.82) is 0 Å². The summed E-state index contributed by atoms with van der Waals surface area (Å²) in [6.07, 6.45) is 0.774. The van der Waals surface area contributed by atoms with Crippen LogP contribution in [-0.4, -0.2) is 45.2 Å². The van der Waals surface area contributed by atoms with E-state index >= 15 is 0 Å². The van der Waals surface area contributed by atoms with Gasteiger partial charge in [-0.3, -0.25) is 9.69 Å². The molecule has 0 radical (unpaired) electrons. The van der Waals surface area contributed by atoms with Gasteiger partial charge < -0.3 is 9.64 Å². The van der Waals surface area contributed by atoms with Crippen molar-refractivity contribution >= 4 is 5.91 Å². The smallest absolute Gasteiger partial charge is 0.220 e. The Morgan fingerprint density at radius 2 is 1.91 bits per heavy atom. The van der Waals surface area contributed by atoms with Crippen LogP contribution in [-0.2, 0) is 30.8 Å². The fourth-order valence-electron chi connectivity index (χ4n) is 4.49. The second kappa shape index (κ2) is 9.75. The molecule has 0 saturated heterocycles. The Balaban J connectivity index is 1.73. The number of benzene rings is 2. The van der Waals surface area contributed by atoms with Crippen LogP contribution < -0.4 is 4.74 Å². The summed E-state index contributed by atoms with van der Waals surface area (Å²) < 4.78 is 21.8. The monoisotopic (exact) mass is 450 g/mol. The van der Waals surface area contributed by atoms with Crippen LogP contribution in [0.3, 0.4) is 0 Å². The molecule has 0 bridgehead atoms. The van der Waals surface area contributed by atoms with Gasteiger partial charge in [0.05, 0.1) is 25.0 Å². The SMILES string of the molecule is COc1ccccc1-n1nc(CN(C(C)=O)C(C)C)c2c1CCN(Cc1ccccc1F)C2. The number of aromatic nitrogens is 2. The largest absolute Gasteiger partial charge is 0.494 e. The van der Waals surface area contributed by atoms with Gasteiger partial charge >= 0.3 is 0 Å². The number of amides is 1. The number of carbonyl (C=O) groups excluding carboxylic acids is 1. The van der Waals surface area contributed by atoms with Crippen LogP contribution in [0.4, 0.5) is 4.39 Å². The van der Waals surface area contributed by atoms with Gasteiger partial charge in [0.1, 0.15) is 17.3 Å². The number of fused-ring (bicyclic) bond motifs is 1. The maximum atomic E-state index is 14.3. The lowest BCUT2D eigenvalue weighted by atomic mass is 10.0. The van der Waals surface area contributed by atoms with Crippen molar-refractivity contribution in [3.8, 4) is 11.4 Å². The van der Waals surface area contributed by atoms with Gasteiger partial charge in [0.15, 0.2) is 0 Å². The molecule has 0 fully saturated rings. The molecule has 33 heavy (non-hydrogen) atoms. The fraction of sp³-hybridized carbons (Fsp3) is 0.385. The van der Waals surface area contributed by atoms with Gasteiger partial charge in [0, 0.05) is 50.1 Å². The van der Waals surface area contributed by atoms with Gasteiger partial charge in [-0.25, -0.2) is 9.07 Å². The molecule has 3 aromatic rings. The van der Waals surface area contributed by atoms with Gasteiger partial charge in [-0.15, -0.1) is 0 Å². The molecule has 0 unspecified atom stereocenters. The van der Waals surface area contributed by atoms with Gasteiger partial charge in [0.2, 0.25) is 5.91 Å². The maximum Gasteiger partial charge on any atom is 0.220 e.